The predicted octanol–water partition coefficient (Wildman–Crippen LogP) is 1.01. The number of hydrogen-bond donors (Lipinski definition) is 0. The van der Waals surface area contributed by atoms with Crippen LogP contribution in [0.25, 0.3) is 0 Å². The summed E-state index contributed by atoms with van der Waals surface area (Å²) >= 11 is 0. The van der Waals surface area contributed by atoms with Crippen molar-refractivity contribution in [3.05, 3.63) is 23.5 Å². The quantitative estimate of drug-likeness (QED) is 0.683. The van der Waals surface area contributed by atoms with Crippen LogP contribution in [0, 0.1) is 0 Å². The summed E-state index contributed by atoms with van der Waals surface area (Å²) in [4.78, 5) is 16.1. The Hall–Kier alpha value is -1.29. The molecule has 0 aromatic carbocycles. The van der Waals surface area contributed by atoms with Crippen LogP contribution < -0.4 is 0 Å². The number of nitrogens with zero attached hydrogens (tertiary/aromatic N) is 2. The maximum atomic E-state index is 12.2. The number of amides is 1. The van der Waals surface area contributed by atoms with Gasteiger partial charge in [-0.05, 0) is 18.1 Å². The number of carbonyl (C=O) groups is 1. The lowest BCUT2D eigenvalue weighted by molar-refractivity contribution is -0.131. The minimum absolute atomic E-state index is 0.0559. The summed E-state index contributed by atoms with van der Waals surface area (Å²) in [6.07, 6.45) is 5.85. The second-order valence-corrected chi connectivity index (χ2v) is 4.75. The molecule has 0 aromatic rings. The van der Waals surface area contributed by atoms with Crippen molar-refractivity contribution < 1.29 is 9.53 Å². The molecule has 1 atom stereocenters. The van der Waals surface area contributed by atoms with Gasteiger partial charge in [0, 0.05) is 33.6 Å². The zero-order valence-electron chi connectivity index (χ0n) is 10.8. The van der Waals surface area contributed by atoms with Gasteiger partial charge in [-0.3, -0.25) is 9.69 Å². The lowest BCUT2D eigenvalue weighted by Gasteiger charge is -2.25. The van der Waals surface area contributed by atoms with Gasteiger partial charge in [0.1, 0.15) is 6.04 Å². The Kier molecular flexibility index (Phi) is 3.52. The van der Waals surface area contributed by atoms with Crippen molar-refractivity contribution >= 4 is 5.91 Å². The molecular weight excluding hydrogens is 216 g/mol. The fourth-order valence-electron chi connectivity index (χ4n) is 2.14. The van der Waals surface area contributed by atoms with Gasteiger partial charge < -0.3 is 9.64 Å². The molecule has 1 saturated heterocycles. The van der Waals surface area contributed by atoms with Crippen LogP contribution in [0.2, 0.25) is 0 Å². The van der Waals surface area contributed by atoms with Crippen molar-refractivity contribution in [2.24, 2.45) is 0 Å². The zero-order chi connectivity index (χ0) is 12.4. The third-order valence-corrected chi connectivity index (χ3v) is 3.28. The van der Waals surface area contributed by atoms with E-state index in [9.17, 15) is 4.79 Å². The van der Waals surface area contributed by atoms with E-state index in [0.29, 0.717) is 0 Å². The maximum Gasteiger partial charge on any atom is 0.243 e. The summed E-state index contributed by atoms with van der Waals surface area (Å²) in [5.41, 5.74) is 1.21. The van der Waals surface area contributed by atoms with Crippen LogP contribution in [0.15, 0.2) is 23.5 Å². The number of methoxy groups -OCH3 is 1. The van der Waals surface area contributed by atoms with E-state index in [2.05, 4.69) is 4.90 Å². The highest BCUT2D eigenvalue weighted by Gasteiger charge is 2.36. The molecule has 2 rings (SSSR count). The van der Waals surface area contributed by atoms with Crippen molar-refractivity contribution in [3.63, 3.8) is 0 Å². The van der Waals surface area contributed by atoms with Gasteiger partial charge in [-0.15, -0.1) is 0 Å². The molecule has 94 valence electrons. The summed E-state index contributed by atoms with van der Waals surface area (Å²) in [5.74, 6) is 1.18. The Labute approximate surface area is 103 Å². The highest BCUT2D eigenvalue weighted by molar-refractivity contribution is 5.85. The second-order valence-electron chi connectivity index (χ2n) is 4.75. The molecule has 0 N–H and O–H groups in total. The largest absolute Gasteiger partial charge is 0.501 e. The molecule has 1 aliphatic carbocycles. The van der Waals surface area contributed by atoms with Crippen molar-refractivity contribution in [1.82, 2.24) is 9.80 Å². The third kappa shape index (κ3) is 2.69. The van der Waals surface area contributed by atoms with Crippen LogP contribution in [-0.4, -0.2) is 56.0 Å². The molecule has 0 saturated carbocycles. The molecule has 1 unspecified atom stereocenters. The number of carbonyl (C=O) groups excluding carboxylic acids is 1. The van der Waals surface area contributed by atoms with E-state index in [1.54, 1.807) is 12.0 Å². The molecule has 17 heavy (non-hydrogen) atoms. The average molecular weight is 236 g/mol. The van der Waals surface area contributed by atoms with Gasteiger partial charge in [0.15, 0.2) is 0 Å². The van der Waals surface area contributed by atoms with Gasteiger partial charge >= 0.3 is 0 Å². The molecule has 1 fully saturated rings. The van der Waals surface area contributed by atoms with Gasteiger partial charge in [-0.25, -0.2) is 0 Å². The highest BCUT2D eigenvalue weighted by atomic mass is 16.5. The first-order chi connectivity index (χ1) is 8.13. The molecule has 1 aliphatic heterocycles. The lowest BCUT2D eigenvalue weighted by Crippen LogP contribution is -2.40. The van der Waals surface area contributed by atoms with Crippen LogP contribution in [0.1, 0.15) is 12.8 Å². The van der Waals surface area contributed by atoms with Gasteiger partial charge in [-0.2, -0.15) is 0 Å². The molecule has 1 heterocycles. The van der Waals surface area contributed by atoms with E-state index < -0.39 is 0 Å². The third-order valence-electron chi connectivity index (χ3n) is 3.28. The Bertz CT molecular complexity index is 368. The maximum absolute atomic E-state index is 12.2. The Morgan fingerprint density at radius 3 is 2.47 bits per heavy atom. The summed E-state index contributed by atoms with van der Waals surface area (Å²) in [5, 5.41) is 0. The smallest absolute Gasteiger partial charge is 0.243 e. The summed E-state index contributed by atoms with van der Waals surface area (Å²) in [7, 11) is 5.33. The topological polar surface area (TPSA) is 32.5 Å². The van der Waals surface area contributed by atoms with E-state index in [-0.39, 0.29) is 11.9 Å². The first-order valence-corrected chi connectivity index (χ1v) is 6.02. The molecule has 0 spiro atoms. The number of allylic oxidation sites excluding steroid dienone is 3. The minimum atomic E-state index is -0.0559. The van der Waals surface area contributed by atoms with Gasteiger partial charge in [0.25, 0.3) is 0 Å². The van der Waals surface area contributed by atoms with Crippen LogP contribution in [0.4, 0.5) is 0 Å². The van der Waals surface area contributed by atoms with Gasteiger partial charge in [0.2, 0.25) is 5.91 Å². The monoisotopic (exact) mass is 236 g/mol. The van der Waals surface area contributed by atoms with E-state index in [1.807, 2.05) is 26.2 Å². The number of ether oxygens (including phenoxy) is 1. The number of likely N-dealkylation sites (N-methyl/N-ethyl adjacent to an activating group) is 1. The van der Waals surface area contributed by atoms with Crippen molar-refractivity contribution in [1.29, 1.82) is 0 Å². The molecule has 2 aliphatic rings. The number of hydrogen-bond acceptors (Lipinski definition) is 3. The van der Waals surface area contributed by atoms with E-state index >= 15 is 0 Å². The van der Waals surface area contributed by atoms with Crippen LogP contribution in [0.5, 0.6) is 0 Å². The first kappa shape index (κ1) is 12.2. The zero-order valence-corrected chi connectivity index (χ0v) is 10.8. The Balaban J connectivity index is 2.15. The Morgan fingerprint density at radius 2 is 2.06 bits per heavy atom. The summed E-state index contributed by atoms with van der Waals surface area (Å²) in [6, 6.07) is -0.0559. The standard InChI is InChI=1S/C13H20N2O2/c1-14(2)13(16)12(15-8-9-15)10-4-6-11(17-3)7-5-10/h4,6,12H,5,7-9H2,1-3H3. The fraction of sp³-hybridized carbons (Fsp3) is 0.615. The van der Waals surface area contributed by atoms with Crippen molar-refractivity contribution in [2.45, 2.75) is 18.9 Å². The van der Waals surface area contributed by atoms with Crippen LogP contribution >= 0.6 is 0 Å². The minimum Gasteiger partial charge on any atom is -0.501 e. The molecule has 4 nitrogen and oxygen atoms in total. The van der Waals surface area contributed by atoms with Crippen LogP contribution in [-0.2, 0) is 9.53 Å². The van der Waals surface area contributed by atoms with Gasteiger partial charge in [0.05, 0.1) is 12.9 Å². The summed E-state index contributed by atoms with van der Waals surface area (Å²) < 4.78 is 5.21. The lowest BCUT2D eigenvalue weighted by atomic mass is 9.96. The van der Waals surface area contributed by atoms with E-state index in [1.165, 1.54) is 5.57 Å². The Morgan fingerprint density at radius 1 is 1.35 bits per heavy atom. The molecule has 1 amide bonds. The van der Waals surface area contributed by atoms with Crippen molar-refractivity contribution in [2.75, 3.05) is 34.3 Å². The van der Waals surface area contributed by atoms with E-state index in [4.69, 9.17) is 4.74 Å². The van der Waals surface area contributed by atoms with Crippen molar-refractivity contribution in [3.8, 4) is 0 Å². The fourth-order valence-corrected chi connectivity index (χ4v) is 2.14. The summed E-state index contributed by atoms with van der Waals surface area (Å²) in [6.45, 7) is 2.06. The van der Waals surface area contributed by atoms with Gasteiger partial charge in [-0.1, -0.05) is 6.08 Å². The number of rotatable bonds is 4. The second kappa shape index (κ2) is 4.92. The average Bonchev–Trinajstić information content (AvgIpc) is 3.14. The highest BCUT2D eigenvalue weighted by Crippen LogP contribution is 2.27. The predicted molar refractivity (Wildman–Crippen MR) is 66.5 cm³/mol. The molecule has 0 bridgehead atoms. The van der Waals surface area contributed by atoms with E-state index in [0.717, 1.165) is 31.7 Å². The molecular formula is C13H20N2O2. The molecule has 0 aromatic heterocycles. The normalized spacial score (nSPS) is 21.4. The molecule has 4 heteroatoms. The molecule has 0 radical (unpaired) electrons. The SMILES string of the molecule is COC1=CC=C(C(C(=O)N(C)C)N2CC2)CC1. The van der Waals surface area contributed by atoms with Crippen LogP contribution in [0.3, 0.4) is 0 Å². The first-order valence-electron chi connectivity index (χ1n) is 6.02.